The van der Waals surface area contributed by atoms with Gasteiger partial charge in [-0.3, -0.25) is 4.79 Å². The van der Waals surface area contributed by atoms with Crippen LogP contribution in [-0.2, 0) is 4.79 Å². The fraction of sp³-hybridized carbons (Fsp3) is 0.909. The third-order valence-electron chi connectivity index (χ3n) is 2.46. The molecule has 0 radical (unpaired) electrons. The summed E-state index contributed by atoms with van der Waals surface area (Å²) in [4.78, 5) is 12.4. The van der Waals surface area contributed by atoms with Gasteiger partial charge in [0.2, 0.25) is 5.91 Å². The van der Waals surface area contributed by atoms with Gasteiger partial charge in [-0.2, -0.15) is 13.2 Å². The van der Waals surface area contributed by atoms with E-state index in [1.54, 1.807) is 6.92 Å². The molecule has 1 atom stereocenters. The second kappa shape index (κ2) is 7.53. The van der Waals surface area contributed by atoms with Crippen LogP contribution < -0.4 is 0 Å². The van der Waals surface area contributed by atoms with Gasteiger partial charge in [0, 0.05) is 12.5 Å². The average Bonchev–Trinajstić information content (AvgIpc) is 2.22. The molecule has 0 fully saturated rings. The number of aliphatic hydroxyl groups excluding tert-OH is 1. The van der Waals surface area contributed by atoms with Crippen molar-refractivity contribution in [2.75, 3.05) is 19.7 Å². The van der Waals surface area contributed by atoms with Gasteiger partial charge in [0.25, 0.3) is 0 Å². The number of rotatable bonds is 7. The zero-order valence-corrected chi connectivity index (χ0v) is 10.3. The van der Waals surface area contributed by atoms with Gasteiger partial charge in [-0.05, 0) is 6.42 Å². The number of hydrogen-bond acceptors (Lipinski definition) is 2. The average molecular weight is 255 g/mol. The molecule has 0 aromatic carbocycles. The van der Waals surface area contributed by atoms with Crippen molar-refractivity contribution in [2.24, 2.45) is 5.92 Å². The van der Waals surface area contributed by atoms with Crippen LogP contribution in [0.25, 0.3) is 0 Å². The van der Waals surface area contributed by atoms with Gasteiger partial charge < -0.3 is 10.0 Å². The summed E-state index contributed by atoms with van der Waals surface area (Å²) in [6.07, 6.45) is -2.13. The Morgan fingerprint density at radius 1 is 1.41 bits per heavy atom. The number of aliphatic hydroxyl groups is 1. The van der Waals surface area contributed by atoms with Gasteiger partial charge in [0.15, 0.2) is 0 Å². The van der Waals surface area contributed by atoms with Gasteiger partial charge in [0.05, 0.1) is 6.61 Å². The lowest BCUT2D eigenvalue weighted by Crippen LogP contribution is -2.43. The first-order chi connectivity index (χ1) is 7.81. The minimum absolute atomic E-state index is 0.269. The van der Waals surface area contributed by atoms with Crippen LogP contribution in [0.1, 0.15) is 33.1 Å². The molecule has 0 bridgehead atoms. The number of halogens is 3. The van der Waals surface area contributed by atoms with Crippen molar-refractivity contribution in [2.45, 2.75) is 39.3 Å². The summed E-state index contributed by atoms with van der Waals surface area (Å²) in [6.45, 7) is 1.57. The second-order valence-corrected chi connectivity index (χ2v) is 4.14. The van der Waals surface area contributed by atoms with Crippen molar-refractivity contribution in [1.29, 1.82) is 0 Å². The van der Waals surface area contributed by atoms with Gasteiger partial charge >= 0.3 is 6.18 Å². The largest absolute Gasteiger partial charge is 0.406 e. The molecule has 0 heterocycles. The van der Waals surface area contributed by atoms with E-state index < -0.39 is 31.2 Å². The standard InChI is InChI=1S/C11H20F3NO2/c1-3-4-5-9(2)10(17)15(6-7-16)8-11(12,13)14/h9,16H,3-8H2,1-2H3. The van der Waals surface area contributed by atoms with Crippen molar-refractivity contribution in [3.63, 3.8) is 0 Å². The molecule has 0 aromatic heterocycles. The number of carbonyl (C=O) groups excluding carboxylic acids is 1. The molecular formula is C11H20F3NO2. The maximum Gasteiger partial charge on any atom is 0.406 e. The zero-order chi connectivity index (χ0) is 13.5. The van der Waals surface area contributed by atoms with Gasteiger partial charge in [-0.15, -0.1) is 0 Å². The van der Waals surface area contributed by atoms with E-state index in [4.69, 9.17) is 5.11 Å². The number of unbranched alkanes of at least 4 members (excludes halogenated alkanes) is 1. The first kappa shape index (κ1) is 16.2. The molecule has 0 aliphatic rings. The highest BCUT2D eigenvalue weighted by Gasteiger charge is 2.33. The quantitative estimate of drug-likeness (QED) is 0.757. The van der Waals surface area contributed by atoms with E-state index in [0.29, 0.717) is 11.3 Å². The summed E-state index contributed by atoms with van der Waals surface area (Å²) < 4.78 is 36.7. The molecule has 1 amide bonds. The Labute approximate surface area is 99.6 Å². The van der Waals surface area contributed by atoms with Crippen molar-refractivity contribution in [1.82, 2.24) is 4.90 Å². The molecule has 17 heavy (non-hydrogen) atoms. The molecule has 0 aromatic rings. The van der Waals surface area contributed by atoms with E-state index in [0.717, 1.165) is 12.8 Å². The molecule has 1 unspecified atom stereocenters. The number of alkyl halides is 3. The molecule has 0 aliphatic heterocycles. The summed E-state index contributed by atoms with van der Waals surface area (Å²) in [5.74, 6) is -0.964. The fourth-order valence-corrected chi connectivity index (χ4v) is 1.55. The summed E-state index contributed by atoms with van der Waals surface area (Å²) in [6, 6.07) is 0. The van der Waals surface area contributed by atoms with Gasteiger partial charge in [0.1, 0.15) is 6.54 Å². The lowest BCUT2D eigenvalue weighted by molar-refractivity contribution is -0.164. The molecule has 0 spiro atoms. The summed E-state index contributed by atoms with van der Waals surface area (Å²) in [5.41, 5.74) is 0. The molecule has 1 N–H and O–H groups in total. The molecule has 0 saturated heterocycles. The number of nitrogens with zero attached hydrogens (tertiary/aromatic N) is 1. The molecule has 102 valence electrons. The van der Waals surface area contributed by atoms with Crippen LogP contribution in [0.15, 0.2) is 0 Å². The minimum atomic E-state index is -4.42. The predicted molar refractivity (Wildman–Crippen MR) is 58.4 cm³/mol. The van der Waals surface area contributed by atoms with Gasteiger partial charge in [-0.25, -0.2) is 0 Å². The molecule has 0 aliphatic carbocycles. The minimum Gasteiger partial charge on any atom is -0.395 e. The van der Waals surface area contributed by atoms with E-state index in [-0.39, 0.29) is 6.54 Å². The SMILES string of the molecule is CCCCC(C)C(=O)N(CCO)CC(F)(F)F. The van der Waals surface area contributed by atoms with E-state index in [1.807, 2.05) is 6.92 Å². The lowest BCUT2D eigenvalue weighted by Gasteiger charge is -2.26. The highest BCUT2D eigenvalue weighted by molar-refractivity contribution is 5.78. The zero-order valence-electron chi connectivity index (χ0n) is 10.3. The molecule has 3 nitrogen and oxygen atoms in total. The van der Waals surface area contributed by atoms with Crippen molar-refractivity contribution in [3.8, 4) is 0 Å². The maximum atomic E-state index is 12.2. The Morgan fingerprint density at radius 3 is 2.41 bits per heavy atom. The highest BCUT2D eigenvalue weighted by atomic mass is 19.4. The lowest BCUT2D eigenvalue weighted by atomic mass is 10.0. The van der Waals surface area contributed by atoms with Crippen LogP contribution in [-0.4, -0.2) is 41.8 Å². The van der Waals surface area contributed by atoms with Crippen LogP contribution in [0.5, 0.6) is 0 Å². The van der Waals surface area contributed by atoms with E-state index in [9.17, 15) is 18.0 Å². The third kappa shape index (κ3) is 7.20. The summed E-state index contributed by atoms with van der Waals surface area (Å²) in [7, 11) is 0. The Balaban J connectivity index is 4.42. The van der Waals surface area contributed by atoms with Crippen LogP contribution in [0, 0.1) is 5.92 Å². The summed E-state index contributed by atoms with van der Waals surface area (Å²) in [5, 5.41) is 8.68. The Morgan fingerprint density at radius 2 is 2.00 bits per heavy atom. The fourth-order valence-electron chi connectivity index (χ4n) is 1.55. The van der Waals surface area contributed by atoms with E-state index >= 15 is 0 Å². The van der Waals surface area contributed by atoms with Crippen molar-refractivity contribution in [3.05, 3.63) is 0 Å². The highest BCUT2D eigenvalue weighted by Crippen LogP contribution is 2.19. The van der Waals surface area contributed by atoms with Crippen molar-refractivity contribution >= 4 is 5.91 Å². The Bertz CT molecular complexity index is 231. The molecule has 6 heteroatoms. The molecule has 0 saturated carbocycles. The maximum absolute atomic E-state index is 12.2. The van der Waals surface area contributed by atoms with E-state index in [2.05, 4.69) is 0 Å². The topological polar surface area (TPSA) is 40.5 Å². The first-order valence-electron chi connectivity index (χ1n) is 5.78. The predicted octanol–water partition coefficient (Wildman–Crippen LogP) is 2.20. The monoisotopic (exact) mass is 255 g/mol. The number of amides is 1. The number of carbonyl (C=O) groups is 1. The van der Waals surface area contributed by atoms with E-state index in [1.165, 1.54) is 0 Å². The van der Waals surface area contributed by atoms with Crippen LogP contribution in [0.3, 0.4) is 0 Å². The van der Waals surface area contributed by atoms with Crippen LogP contribution in [0.4, 0.5) is 13.2 Å². The van der Waals surface area contributed by atoms with Crippen LogP contribution in [0.2, 0.25) is 0 Å². The van der Waals surface area contributed by atoms with Crippen molar-refractivity contribution < 1.29 is 23.1 Å². The first-order valence-corrected chi connectivity index (χ1v) is 5.78. The Hall–Kier alpha value is -0.780. The van der Waals surface area contributed by atoms with Crippen LogP contribution >= 0.6 is 0 Å². The smallest absolute Gasteiger partial charge is 0.395 e. The Kier molecular flexibility index (Phi) is 7.18. The second-order valence-electron chi connectivity index (χ2n) is 4.14. The third-order valence-corrected chi connectivity index (χ3v) is 2.46. The summed E-state index contributed by atoms with van der Waals surface area (Å²) >= 11 is 0. The molecular weight excluding hydrogens is 235 g/mol. The number of hydrogen-bond donors (Lipinski definition) is 1. The van der Waals surface area contributed by atoms with Gasteiger partial charge in [-0.1, -0.05) is 26.7 Å². The molecule has 0 rings (SSSR count). The normalized spacial score (nSPS) is 13.5.